The Bertz CT molecular complexity index is 807. The summed E-state index contributed by atoms with van der Waals surface area (Å²) in [5, 5.41) is 4.42. The van der Waals surface area contributed by atoms with Gasteiger partial charge in [-0.25, -0.2) is 9.78 Å². The van der Waals surface area contributed by atoms with E-state index in [0.29, 0.717) is 5.56 Å². The molecule has 3 rings (SSSR count). The maximum Gasteiger partial charge on any atom is 0.342 e. The summed E-state index contributed by atoms with van der Waals surface area (Å²) in [6.45, 7) is 12.1. The average Bonchev–Trinajstić information content (AvgIpc) is 2.91. The Kier molecular flexibility index (Phi) is 5.79. The number of carbonyl (C=O) groups excluding carboxylic acids is 1. The number of piperazine rings is 1. The van der Waals surface area contributed by atoms with Crippen LogP contribution < -0.4 is 4.90 Å². The summed E-state index contributed by atoms with van der Waals surface area (Å²) in [6, 6.07) is 1.86. The van der Waals surface area contributed by atoms with Gasteiger partial charge in [0.05, 0.1) is 11.8 Å². The van der Waals surface area contributed by atoms with Crippen LogP contribution in [0.4, 0.5) is 5.82 Å². The lowest BCUT2D eigenvalue weighted by Crippen LogP contribution is -2.46. The van der Waals surface area contributed by atoms with Gasteiger partial charge < -0.3 is 9.64 Å². The lowest BCUT2D eigenvalue weighted by Gasteiger charge is -2.36. The lowest BCUT2D eigenvalue weighted by atomic mass is 10.1. The van der Waals surface area contributed by atoms with Crippen molar-refractivity contribution in [2.24, 2.45) is 7.05 Å². The van der Waals surface area contributed by atoms with Crippen molar-refractivity contribution in [3.8, 4) is 0 Å². The van der Waals surface area contributed by atoms with Crippen molar-refractivity contribution in [1.29, 1.82) is 0 Å². The second-order valence-corrected chi connectivity index (χ2v) is 7.46. The van der Waals surface area contributed by atoms with E-state index in [4.69, 9.17) is 4.74 Å². The van der Waals surface area contributed by atoms with Crippen LogP contribution in [-0.4, -0.2) is 57.9 Å². The summed E-state index contributed by atoms with van der Waals surface area (Å²) in [4.78, 5) is 21.7. The van der Waals surface area contributed by atoms with Crippen molar-refractivity contribution in [3.05, 3.63) is 40.8 Å². The molecule has 0 N–H and O–H groups in total. The van der Waals surface area contributed by atoms with Gasteiger partial charge in [-0.2, -0.15) is 5.10 Å². The van der Waals surface area contributed by atoms with Gasteiger partial charge in [0, 0.05) is 57.7 Å². The van der Waals surface area contributed by atoms with Crippen LogP contribution in [0.5, 0.6) is 0 Å². The minimum atomic E-state index is -0.293. The molecule has 0 spiro atoms. The van der Waals surface area contributed by atoms with Gasteiger partial charge in [-0.05, 0) is 39.3 Å². The maximum atomic E-state index is 12.6. The number of anilines is 1. The zero-order chi connectivity index (χ0) is 19.6. The standard InChI is InChI=1S/C20H29N5O2/c1-14(2)27-20(26)18-15(3)6-7-21-19(18)25-10-8-24(9-11-25)13-17-12-23(5)22-16(17)4/h6-7,12,14H,8-11,13H2,1-5H3. The topological polar surface area (TPSA) is 63.5 Å². The maximum absolute atomic E-state index is 12.6. The summed E-state index contributed by atoms with van der Waals surface area (Å²) in [5.74, 6) is 0.442. The van der Waals surface area contributed by atoms with Crippen molar-refractivity contribution < 1.29 is 9.53 Å². The molecule has 0 unspecified atom stereocenters. The predicted octanol–water partition coefficient (Wildman–Crippen LogP) is 2.32. The molecular formula is C20H29N5O2. The molecule has 1 saturated heterocycles. The summed E-state index contributed by atoms with van der Waals surface area (Å²) in [7, 11) is 1.95. The Labute approximate surface area is 160 Å². The fraction of sp³-hybridized carbons (Fsp3) is 0.550. The Morgan fingerprint density at radius 3 is 2.52 bits per heavy atom. The highest BCUT2D eigenvalue weighted by molar-refractivity contribution is 5.96. The van der Waals surface area contributed by atoms with E-state index in [1.807, 2.05) is 38.6 Å². The number of esters is 1. The molecule has 2 aromatic rings. The van der Waals surface area contributed by atoms with E-state index in [-0.39, 0.29) is 12.1 Å². The molecule has 1 fully saturated rings. The van der Waals surface area contributed by atoms with Gasteiger partial charge in [0.25, 0.3) is 0 Å². The van der Waals surface area contributed by atoms with Crippen LogP contribution in [0.2, 0.25) is 0 Å². The Morgan fingerprint density at radius 2 is 1.93 bits per heavy atom. The molecule has 0 atom stereocenters. The molecule has 3 heterocycles. The molecule has 1 aliphatic heterocycles. The van der Waals surface area contributed by atoms with Gasteiger partial charge in [0.1, 0.15) is 11.4 Å². The SMILES string of the molecule is Cc1ccnc(N2CCN(Cc3cn(C)nc3C)CC2)c1C(=O)OC(C)C. The molecule has 7 heteroatoms. The highest BCUT2D eigenvalue weighted by atomic mass is 16.5. The molecular weight excluding hydrogens is 342 g/mol. The first-order valence-electron chi connectivity index (χ1n) is 9.48. The van der Waals surface area contributed by atoms with Crippen molar-refractivity contribution >= 4 is 11.8 Å². The lowest BCUT2D eigenvalue weighted by molar-refractivity contribution is 0.0377. The number of nitrogens with zero attached hydrogens (tertiary/aromatic N) is 5. The normalized spacial score (nSPS) is 15.4. The molecule has 0 radical (unpaired) electrons. The fourth-order valence-corrected chi connectivity index (χ4v) is 3.47. The molecule has 146 valence electrons. The molecule has 2 aromatic heterocycles. The molecule has 0 aromatic carbocycles. The average molecular weight is 371 g/mol. The van der Waals surface area contributed by atoms with Gasteiger partial charge in [0.15, 0.2) is 0 Å². The molecule has 0 amide bonds. The molecule has 0 aliphatic carbocycles. The first-order chi connectivity index (χ1) is 12.8. The van der Waals surface area contributed by atoms with Crippen LogP contribution in [0, 0.1) is 13.8 Å². The number of hydrogen-bond donors (Lipinski definition) is 0. The Morgan fingerprint density at radius 1 is 1.22 bits per heavy atom. The van der Waals surface area contributed by atoms with Crippen LogP contribution in [0.3, 0.4) is 0 Å². The third kappa shape index (κ3) is 4.47. The smallest absolute Gasteiger partial charge is 0.342 e. The Balaban J connectivity index is 1.70. The fourth-order valence-electron chi connectivity index (χ4n) is 3.47. The van der Waals surface area contributed by atoms with Gasteiger partial charge in [-0.15, -0.1) is 0 Å². The van der Waals surface area contributed by atoms with Crippen LogP contribution in [0.1, 0.15) is 41.0 Å². The number of aryl methyl sites for hydroxylation is 3. The van der Waals surface area contributed by atoms with Gasteiger partial charge >= 0.3 is 5.97 Å². The van der Waals surface area contributed by atoms with Crippen molar-refractivity contribution in [2.75, 3.05) is 31.1 Å². The van der Waals surface area contributed by atoms with E-state index < -0.39 is 0 Å². The quantitative estimate of drug-likeness (QED) is 0.752. The monoisotopic (exact) mass is 371 g/mol. The number of pyridine rings is 1. The van der Waals surface area contributed by atoms with Gasteiger partial charge in [-0.1, -0.05) is 0 Å². The van der Waals surface area contributed by atoms with E-state index in [1.165, 1.54) is 5.56 Å². The van der Waals surface area contributed by atoms with E-state index in [1.54, 1.807) is 6.20 Å². The molecule has 0 saturated carbocycles. The Hall–Kier alpha value is -2.41. The number of carbonyl (C=O) groups is 1. The van der Waals surface area contributed by atoms with Gasteiger partial charge in [-0.3, -0.25) is 9.58 Å². The zero-order valence-electron chi connectivity index (χ0n) is 16.9. The van der Waals surface area contributed by atoms with E-state index >= 15 is 0 Å². The minimum Gasteiger partial charge on any atom is -0.459 e. The summed E-state index contributed by atoms with van der Waals surface area (Å²) in [5.41, 5.74) is 3.83. The molecule has 1 aliphatic rings. The zero-order valence-corrected chi connectivity index (χ0v) is 16.9. The van der Waals surface area contributed by atoms with Crippen LogP contribution in [0.25, 0.3) is 0 Å². The number of rotatable bonds is 5. The van der Waals surface area contributed by atoms with Crippen molar-refractivity contribution in [1.82, 2.24) is 19.7 Å². The number of aromatic nitrogens is 3. The second kappa shape index (κ2) is 8.08. The highest BCUT2D eigenvalue weighted by Gasteiger charge is 2.25. The second-order valence-electron chi connectivity index (χ2n) is 7.46. The summed E-state index contributed by atoms with van der Waals surface area (Å²) in [6.07, 6.45) is 3.70. The minimum absolute atomic E-state index is 0.149. The largest absolute Gasteiger partial charge is 0.459 e. The molecule has 27 heavy (non-hydrogen) atoms. The van der Waals surface area contributed by atoms with Crippen LogP contribution >= 0.6 is 0 Å². The summed E-state index contributed by atoms with van der Waals surface area (Å²) < 4.78 is 7.30. The van der Waals surface area contributed by atoms with Crippen molar-refractivity contribution in [2.45, 2.75) is 40.3 Å². The van der Waals surface area contributed by atoms with Crippen LogP contribution in [0.15, 0.2) is 18.5 Å². The summed E-state index contributed by atoms with van der Waals surface area (Å²) >= 11 is 0. The van der Waals surface area contributed by atoms with E-state index in [0.717, 1.165) is 49.8 Å². The van der Waals surface area contributed by atoms with E-state index in [9.17, 15) is 4.79 Å². The van der Waals surface area contributed by atoms with Gasteiger partial charge in [0.2, 0.25) is 0 Å². The highest BCUT2D eigenvalue weighted by Crippen LogP contribution is 2.24. The van der Waals surface area contributed by atoms with Crippen molar-refractivity contribution in [3.63, 3.8) is 0 Å². The van der Waals surface area contributed by atoms with E-state index in [2.05, 4.69) is 33.0 Å². The predicted molar refractivity (Wildman–Crippen MR) is 105 cm³/mol. The number of hydrogen-bond acceptors (Lipinski definition) is 6. The third-order valence-corrected chi connectivity index (χ3v) is 4.87. The first-order valence-corrected chi connectivity index (χ1v) is 9.48. The molecule has 7 nitrogen and oxygen atoms in total. The van der Waals surface area contributed by atoms with Crippen LogP contribution in [-0.2, 0) is 18.3 Å². The third-order valence-electron chi connectivity index (χ3n) is 4.87. The molecule has 0 bridgehead atoms. The first kappa shape index (κ1) is 19.4. The number of ether oxygens (including phenoxy) is 1.